The van der Waals surface area contributed by atoms with Gasteiger partial charge in [0.25, 0.3) is 0 Å². The smallest absolute Gasteiger partial charge is 0.249 e. The lowest BCUT2D eigenvalue weighted by atomic mass is 10.0. The summed E-state index contributed by atoms with van der Waals surface area (Å²) in [7, 11) is 0. The van der Waals surface area contributed by atoms with Crippen LogP contribution in [0.1, 0.15) is 27.5 Å². The Morgan fingerprint density at radius 3 is 2.52 bits per heavy atom. The summed E-state index contributed by atoms with van der Waals surface area (Å²) in [5.74, 6) is -0.591. The first-order valence-corrected chi connectivity index (χ1v) is 8.10. The number of benzene rings is 1. The van der Waals surface area contributed by atoms with Gasteiger partial charge in [-0.2, -0.15) is 0 Å². The van der Waals surface area contributed by atoms with Gasteiger partial charge in [0, 0.05) is 23.5 Å². The quantitative estimate of drug-likeness (QED) is 0.763. The molecule has 1 heterocycles. The van der Waals surface area contributed by atoms with Gasteiger partial charge in [-0.1, -0.05) is 65.1 Å². The molecule has 0 radical (unpaired) electrons. The van der Waals surface area contributed by atoms with Crippen LogP contribution in [0.2, 0.25) is 0 Å². The Bertz CT molecular complexity index is 659. The van der Waals surface area contributed by atoms with Crippen LogP contribution in [0.4, 0.5) is 0 Å². The topological polar surface area (TPSA) is 68.0 Å². The van der Waals surface area contributed by atoms with E-state index in [2.05, 4.69) is 10.3 Å². The maximum absolute atomic E-state index is 11.6. The molecule has 4 nitrogen and oxygen atoms in total. The number of hydrogen-bond acceptors (Lipinski definition) is 3. The summed E-state index contributed by atoms with van der Waals surface area (Å²) in [6.45, 7) is 0.565. The molecule has 0 bridgehead atoms. The van der Waals surface area contributed by atoms with Crippen LogP contribution in [0.25, 0.3) is 0 Å². The normalized spacial score (nSPS) is 12.8. The van der Waals surface area contributed by atoms with Gasteiger partial charge >= 0.3 is 0 Å². The Balaban J connectivity index is 2.17. The summed E-state index contributed by atoms with van der Waals surface area (Å²) in [6, 6.07) is 10.7. The molecule has 1 unspecified atom stereocenters. The first kappa shape index (κ1) is 18.0. The monoisotopic (exact) mass is 371 g/mol. The number of nitrogens with two attached hydrogens (primary N) is 1. The van der Waals surface area contributed by atoms with Crippen molar-refractivity contribution in [2.24, 2.45) is 5.73 Å². The van der Waals surface area contributed by atoms with Gasteiger partial charge in [-0.15, -0.1) is 0 Å². The highest BCUT2D eigenvalue weighted by molar-refractivity contribution is 6.68. The zero-order chi connectivity index (χ0) is 16.9. The average Bonchev–Trinajstić information content (AvgIpc) is 2.51. The van der Waals surface area contributed by atoms with Crippen LogP contribution < -0.4 is 11.1 Å². The van der Waals surface area contributed by atoms with Crippen LogP contribution in [-0.4, -0.2) is 21.2 Å². The lowest BCUT2D eigenvalue weighted by Crippen LogP contribution is -2.35. The average molecular weight is 373 g/mol. The van der Waals surface area contributed by atoms with Crippen molar-refractivity contribution in [1.82, 2.24) is 10.3 Å². The molecule has 0 fully saturated rings. The van der Waals surface area contributed by atoms with Crippen LogP contribution in [-0.2, 0) is 6.42 Å². The van der Waals surface area contributed by atoms with Gasteiger partial charge in [0.1, 0.15) is 0 Å². The number of nitrogens with one attached hydrogen (secondary N) is 1. The van der Waals surface area contributed by atoms with Crippen molar-refractivity contribution >= 4 is 40.7 Å². The number of carbonyl (C=O) groups excluding carboxylic acids is 1. The number of nitrogens with zero attached hydrogens (tertiary/aromatic N) is 1. The maximum Gasteiger partial charge on any atom is 0.249 e. The number of carbonyl (C=O) groups is 1. The van der Waals surface area contributed by atoms with Crippen molar-refractivity contribution in [3.05, 3.63) is 65.5 Å². The maximum atomic E-state index is 11.6. The van der Waals surface area contributed by atoms with Crippen molar-refractivity contribution in [3.63, 3.8) is 0 Å². The minimum Gasteiger partial charge on any atom is -0.366 e. The summed E-state index contributed by atoms with van der Waals surface area (Å²) >= 11 is 18.2. The van der Waals surface area contributed by atoms with E-state index < -0.39 is 15.7 Å². The Labute approximate surface area is 149 Å². The minimum atomic E-state index is -1.65. The highest BCUT2D eigenvalue weighted by atomic mass is 35.6. The number of amides is 1. The van der Waals surface area contributed by atoms with Crippen molar-refractivity contribution in [3.8, 4) is 0 Å². The van der Waals surface area contributed by atoms with Crippen molar-refractivity contribution < 1.29 is 4.79 Å². The number of aromatic nitrogens is 1. The van der Waals surface area contributed by atoms with Gasteiger partial charge in [0.15, 0.2) is 0 Å². The fraction of sp³-hybridized carbons (Fsp3) is 0.250. The first-order chi connectivity index (χ1) is 10.9. The summed E-state index contributed by atoms with van der Waals surface area (Å²) in [5.41, 5.74) is 7.30. The number of halogens is 3. The lowest BCUT2D eigenvalue weighted by Gasteiger charge is -2.27. The molecule has 2 rings (SSSR count). The number of pyridine rings is 1. The molecule has 23 heavy (non-hydrogen) atoms. The molecule has 1 amide bonds. The highest BCUT2D eigenvalue weighted by Gasteiger charge is 2.35. The van der Waals surface area contributed by atoms with Crippen molar-refractivity contribution in [1.29, 1.82) is 0 Å². The molecule has 1 aromatic heterocycles. The van der Waals surface area contributed by atoms with Crippen LogP contribution in [0, 0.1) is 0 Å². The molecule has 0 saturated carbocycles. The Morgan fingerprint density at radius 1 is 1.22 bits per heavy atom. The van der Waals surface area contributed by atoms with E-state index in [0.717, 1.165) is 12.0 Å². The SMILES string of the molecule is NC(=O)c1ccncc1C(NCCc1ccccc1)C(Cl)(Cl)Cl. The Hall–Kier alpha value is -1.33. The molecule has 0 saturated heterocycles. The summed E-state index contributed by atoms with van der Waals surface area (Å²) in [4.78, 5) is 15.6. The molecule has 1 aromatic carbocycles. The third kappa shape index (κ3) is 5.08. The fourth-order valence-corrected chi connectivity index (χ4v) is 2.85. The summed E-state index contributed by atoms with van der Waals surface area (Å²) < 4.78 is -1.65. The highest BCUT2D eigenvalue weighted by Crippen LogP contribution is 2.40. The molecule has 0 spiro atoms. The molecular weight excluding hydrogens is 357 g/mol. The fourth-order valence-electron chi connectivity index (χ4n) is 2.27. The van der Waals surface area contributed by atoms with E-state index in [-0.39, 0.29) is 5.56 Å². The molecule has 122 valence electrons. The van der Waals surface area contributed by atoms with E-state index in [9.17, 15) is 4.79 Å². The van der Waals surface area contributed by atoms with Gasteiger partial charge < -0.3 is 11.1 Å². The Morgan fingerprint density at radius 2 is 1.91 bits per heavy atom. The van der Waals surface area contributed by atoms with E-state index in [4.69, 9.17) is 40.5 Å². The van der Waals surface area contributed by atoms with E-state index in [0.29, 0.717) is 12.1 Å². The third-order valence-corrected chi connectivity index (χ3v) is 4.02. The molecule has 3 N–H and O–H groups in total. The van der Waals surface area contributed by atoms with E-state index >= 15 is 0 Å². The van der Waals surface area contributed by atoms with Gasteiger partial charge in [-0.3, -0.25) is 9.78 Å². The summed E-state index contributed by atoms with van der Waals surface area (Å²) in [6.07, 6.45) is 3.72. The lowest BCUT2D eigenvalue weighted by molar-refractivity contribution is 0.0998. The van der Waals surface area contributed by atoms with Crippen LogP contribution in [0.5, 0.6) is 0 Å². The second-order valence-electron chi connectivity index (χ2n) is 4.99. The van der Waals surface area contributed by atoms with Gasteiger partial charge in [0.05, 0.1) is 6.04 Å². The van der Waals surface area contributed by atoms with E-state index in [1.165, 1.54) is 18.5 Å². The predicted molar refractivity (Wildman–Crippen MR) is 93.9 cm³/mol. The van der Waals surface area contributed by atoms with Crippen molar-refractivity contribution in [2.75, 3.05) is 6.54 Å². The predicted octanol–water partition coefficient (Wildman–Crippen LogP) is 3.42. The molecular formula is C16H16Cl3N3O. The number of alkyl halides is 3. The zero-order valence-corrected chi connectivity index (χ0v) is 14.4. The second-order valence-corrected chi connectivity index (χ2v) is 7.36. The van der Waals surface area contributed by atoms with Gasteiger partial charge in [0.2, 0.25) is 9.70 Å². The van der Waals surface area contributed by atoms with E-state index in [1.54, 1.807) is 0 Å². The van der Waals surface area contributed by atoms with Crippen LogP contribution in [0.3, 0.4) is 0 Å². The molecule has 0 aliphatic carbocycles. The molecule has 0 aliphatic rings. The van der Waals surface area contributed by atoms with E-state index in [1.807, 2.05) is 30.3 Å². The standard InChI is InChI=1S/C16H16Cl3N3O/c17-16(18,19)14(13-10-21-8-7-12(13)15(20)23)22-9-6-11-4-2-1-3-5-11/h1-5,7-8,10,14,22H,6,9H2,(H2,20,23). The van der Waals surface area contributed by atoms with Crippen LogP contribution >= 0.6 is 34.8 Å². The third-order valence-electron chi connectivity index (χ3n) is 3.36. The molecule has 7 heteroatoms. The first-order valence-electron chi connectivity index (χ1n) is 6.97. The van der Waals surface area contributed by atoms with Crippen molar-refractivity contribution in [2.45, 2.75) is 16.3 Å². The molecule has 1 atom stereocenters. The zero-order valence-electron chi connectivity index (χ0n) is 12.2. The number of rotatable bonds is 6. The minimum absolute atomic E-state index is 0.281. The molecule has 0 aliphatic heterocycles. The molecule has 2 aromatic rings. The second kappa shape index (κ2) is 7.97. The van der Waals surface area contributed by atoms with Crippen LogP contribution in [0.15, 0.2) is 48.8 Å². The Kier molecular flexibility index (Phi) is 6.25. The number of primary amides is 1. The summed E-state index contributed by atoms with van der Waals surface area (Å²) in [5, 5.41) is 3.18. The van der Waals surface area contributed by atoms with Gasteiger partial charge in [-0.25, -0.2) is 0 Å². The number of hydrogen-bond donors (Lipinski definition) is 2. The largest absolute Gasteiger partial charge is 0.366 e. The van der Waals surface area contributed by atoms with Gasteiger partial charge in [-0.05, 0) is 24.6 Å².